The molecule has 0 aromatic heterocycles. The van der Waals surface area contributed by atoms with E-state index in [0.717, 1.165) is 5.75 Å². The normalized spacial score (nSPS) is 19.3. The van der Waals surface area contributed by atoms with Crippen LogP contribution in [0.2, 0.25) is 10.0 Å². The van der Waals surface area contributed by atoms with Crippen molar-refractivity contribution in [3.8, 4) is 0 Å². The first kappa shape index (κ1) is 14.7. The van der Waals surface area contributed by atoms with Crippen LogP contribution in [0.5, 0.6) is 0 Å². The lowest BCUT2D eigenvalue weighted by Gasteiger charge is -2.15. The van der Waals surface area contributed by atoms with E-state index in [1.54, 1.807) is 34.9 Å². The van der Waals surface area contributed by atoms with Gasteiger partial charge >= 0.3 is 0 Å². The van der Waals surface area contributed by atoms with E-state index in [1.165, 1.54) is 0 Å². The van der Waals surface area contributed by atoms with Gasteiger partial charge in [0.05, 0.1) is 12.4 Å². The molecular formula is C13H13Cl2NO2S. The molecule has 1 atom stereocenters. The number of carbonyl (C=O) groups excluding carboxylic acids is 2. The van der Waals surface area contributed by atoms with Crippen molar-refractivity contribution in [3.05, 3.63) is 33.8 Å². The highest BCUT2D eigenvalue weighted by atomic mass is 35.5. The number of rotatable bonds is 4. The molecule has 19 heavy (non-hydrogen) atoms. The van der Waals surface area contributed by atoms with E-state index >= 15 is 0 Å². The summed E-state index contributed by atoms with van der Waals surface area (Å²) in [5.74, 6) is 0.228. The molecule has 0 saturated carbocycles. The first-order valence-electron chi connectivity index (χ1n) is 5.89. The third-order valence-electron chi connectivity index (χ3n) is 2.97. The summed E-state index contributed by atoms with van der Waals surface area (Å²) in [5, 5.41) is 0.730. The molecule has 1 aromatic carbocycles. The lowest BCUT2D eigenvalue weighted by Crippen LogP contribution is -2.26. The summed E-state index contributed by atoms with van der Waals surface area (Å²) in [6, 6.07) is 4.99. The van der Waals surface area contributed by atoms with Gasteiger partial charge in [-0.15, -0.1) is 11.8 Å². The van der Waals surface area contributed by atoms with E-state index in [0.29, 0.717) is 21.5 Å². The van der Waals surface area contributed by atoms with Crippen LogP contribution >= 0.6 is 35.0 Å². The number of thioether (sulfide) groups is 1. The Kier molecular flexibility index (Phi) is 4.76. The number of ketones is 1. The van der Waals surface area contributed by atoms with Gasteiger partial charge in [-0.1, -0.05) is 36.2 Å². The minimum atomic E-state index is -0.848. The number of amides is 1. The Morgan fingerprint density at radius 2 is 1.95 bits per heavy atom. The average Bonchev–Trinajstić information content (AvgIpc) is 2.63. The molecule has 1 aliphatic heterocycles. The lowest BCUT2D eigenvalue weighted by molar-refractivity contribution is -0.128. The number of Topliss-reactive ketones (excluding diaryl/α,β-unsaturated/α-hetero) is 1. The summed E-state index contributed by atoms with van der Waals surface area (Å²) < 4.78 is 0. The average molecular weight is 318 g/mol. The number of hydrogen-bond donors (Lipinski definition) is 0. The smallest absolute Gasteiger partial charge is 0.238 e. The zero-order valence-electron chi connectivity index (χ0n) is 10.4. The highest BCUT2D eigenvalue weighted by Crippen LogP contribution is 2.36. The van der Waals surface area contributed by atoms with Gasteiger partial charge < -0.3 is 4.90 Å². The molecule has 102 valence electrons. The molecule has 0 bridgehead atoms. The first-order chi connectivity index (χ1) is 9.06. The van der Waals surface area contributed by atoms with Gasteiger partial charge in [0.15, 0.2) is 5.78 Å². The van der Waals surface area contributed by atoms with E-state index in [-0.39, 0.29) is 18.2 Å². The molecule has 1 amide bonds. The maximum absolute atomic E-state index is 12.3. The van der Waals surface area contributed by atoms with Gasteiger partial charge in [0.2, 0.25) is 5.91 Å². The Morgan fingerprint density at radius 1 is 1.32 bits per heavy atom. The number of likely N-dealkylation sites (tertiary alicyclic amines) is 1. The van der Waals surface area contributed by atoms with Crippen LogP contribution in [-0.2, 0) is 9.59 Å². The van der Waals surface area contributed by atoms with Gasteiger partial charge in [-0.2, -0.15) is 0 Å². The Labute approximate surface area is 126 Å². The predicted molar refractivity (Wildman–Crippen MR) is 78.9 cm³/mol. The van der Waals surface area contributed by atoms with Gasteiger partial charge in [-0.3, -0.25) is 9.59 Å². The standard InChI is InChI=1S/C13H13Cl2NO2S/c1-2-19-7-16-6-10(17)12(13(16)18)11-8(14)4-3-5-9(11)15/h3-5,12H,2,6-7H2,1H3. The molecular weight excluding hydrogens is 305 g/mol. The first-order valence-corrected chi connectivity index (χ1v) is 7.80. The minimum absolute atomic E-state index is 0.137. The van der Waals surface area contributed by atoms with Crippen molar-refractivity contribution in [3.63, 3.8) is 0 Å². The topological polar surface area (TPSA) is 37.4 Å². The van der Waals surface area contributed by atoms with Crippen LogP contribution in [0.15, 0.2) is 18.2 Å². The highest BCUT2D eigenvalue weighted by Gasteiger charge is 2.41. The summed E-state index contributed by atoms with van der Waals surface area (Å²) in [6.07, 6.45) is 0. The molecule has 2 rings (SSSR count). The Hall–Kier alpha value is -0.710. The van der Waals surface area contributed by atoms with Crippen molar-refractivity contribution < 1.29 is 9.59 Å². The summed E-state index contributed by atoms with van der Waals surface area (Å²) in [7, 11) is 0. The fourth-order valence-corrected chi connectivity index (χ4v) is 3.30. The SMILES string of the molecule is CCSCN1CC(=O)C(c2c(Cl)cccc2Cl)C1=O. The fraction of sp³-hybridized carbons (Fsp3) is 0.385. The van der Waals surface area contributed by atoms with E-state index in [1.807, 2.05) is 6.92 Å². The zero-order valence-corrected chi connectivity index (χ0v) is 12.7. The number of nitrogens with zero attached hydrogens (tertiary/aromatic N) is 1. The molecule has 0 spiro atoms. The third kappa shape index (κ3) is 2.91. The van der Waals surface area contributed by atoms with Gasteiger partial charge in [-0.05, 0) is 17.9 Å². The van der Waals surface area contributed by atoms with Gasteiger partial charge in [0, 0.05) is 15.6 Å². The van der Waals surface area contributed by atoms with Crippen molar-refractivity contribution in [2.24, 2.45) is 0 Å². The largest absolute Gasteiger partial charge is 0.325 e. The second kappa shape index (κ2) is 6.16. The van der Waals surface area contributed by atoms with Gasteiger partial charge in [-0.25, -0.2) is 0 Å². The molecule has 0 N–H and O–H groups in total. The van der Waals surface area contributed by atoms with Crippen LogP contribution in [0.4, 0.5) is 0 Å². The summed E-state index contributed by atoms with van der Waals surface area (Å²) in [5.41, 5.74) is 0.435. The number of benzene rings is 1. The maximum atomic E-state index is 12.3. The molecule has 1 heterocycles. The van der Waals surface area contributed by atoms with Crippen LogP contribution < -0.4 is 0 Å². The van der Waals surface area contributed by atoms with E-state index in [2.05, 4.69) is 0 Å². The molecule has 1 aromatic rings. The molecule has 1 fully saturated rings. The predicted octanol–water partition coefficient (Wildman–Crippen LogP) is 3.20. The molecule has 1 unspecified atom stereocenters. The summed E-state index contributed by atoms with van der Waals surface area (Å²) >= 11 is 13.8. The Morgan fingerprint density at radius 3 is 2.53 bits per heavy atom. The lowest BCUT2D eigenvalue weighted by atomic mass is 9.96. The number of carbonyl (C=O) groups is 2. The van der Waals surface area contributed by atoms with E-state index in [9.17, 15) is 9.59 Å². The molecule has 0 aliphatic carbocycles. The van der Waals surface area contributed by atoms with Crippen molar-refractivity contribution >= 4 is 46.7 Å². The van der Waals surface area contributed by atoms with Crippen LogP contribution in [0.1, 0.15) is 18.4 Å². The quantitative estimate of drug-likeness (QED) is 0.800. The second-order valence-electron chi connectivity index (χ2n) is 4.19. The van der Waals surface area contributed by atoms with Crippen molar-refractivity contribution in [2.75, 3.05) is 18.2 Å². The van der Waals surface area contributed by atoms with Crippen LogP contribution in [-0.4, -0.2) is 34.8 Å². The van der Waals surface area contributed by atoms with Crippen LogP contribution in [0.25, 0.3) is 0 Å². The third-order valence-corrected chi connectivity index (χ3v) is 4.53. The molecule has 6 heteroatoms. The maximum Gasteiger partial charge on any atom is 0.238 e. The summed E-state index contributed by atoms with van der Waals surface area (Å²) in [6.45, 7) is 2.15. The molecule has 1 saturated heterocycles. The van der Waals surface area contributed by atoms with Gasteiger partial charge in [0.25, 0.3) is 0 Å². The highest BCUT2D eigenvalue weighted by molar-refractivity contribution is 7.99. The van der Waals surface area contributed by atoms with E-state index in [4.69, 9.17) is 23.2 Å². The van der Waals surface area contributed by atoms with Crippen molar-refractivity contribution in [1.29, 1.82) is 0 Å². The fourth-order valence-electron chi connectivity index (χ4n) is 2.06. The van der Waals surface area contributed by atoms with Crippen molar-refractivity contribution in [2.45, 2.75) is 12.8 Å². The monoisotopic (exact) mass is 317 g/mol. The molecule has 0 radical (unpaired) electrons. The molecule has 1 aliphatic rings. The Balaban J connectivity index is 2.30. The number of halogens is 2. The van der Waals surface area contributed by atoms with E-state index < -0.39 is 5.92 Å². The van der Waals surface area contributed by atoms with Crippen LogP contribution in [0.3, 0.4) is 0 Å². The summed E-state index contributed by atoms with van der Waals surface area (Å²) in [4.78, 5) is 25.9. The zero-order chi connectivity index (χ0) is 14.0. The molecule has 3 nitrogen and oxygen atoms in total. The Bertz CT molecular complexity index is 501. The van der Waals surface area contributed by atoms with Gasteiger partial charge in [0.1, 0.15) is 5.92 Å². The minimum Gasteiger partial charge on any atom is -0.325 e. The van der Waals surface area contributed by atoms with Crippen LogP contribution in [0, 0.1) is 0 Å². The second-order valence-corrected chi connectivity index (χ2v) is 6.25. The van der Waals surface area contributed by atoms with Crippen molar-refractivity contribution in [1.82, 2.24) is 4.90 Å². The number of hydrogen-bond acceptors (Lipinski definition) is 3.